The third-order valence-corrected chi connectivity index (χ3v) is 3.17. The molecule has 0 unspecified atom stereocenters. The molecule has 88 valence electrons. The van der Waals surface area contributed by atoms with Gasteiger partial charge in [-0.1, -0.05) is 12.2 Å². The van der Waals surface area contributed by atoms with Crippen molar-refractivity contribution in [2.75, 3.05) is 6.61 Å². The number of hydrogen-bond acceptors (Lipinski definition) is 4. The molecule has 0 radical (unpaired) electrons. The monoisotopic (exact) mass is 240 g/mol. The zero-order chi connectivity index (χ0) is 12.0. The maximum Gasteiger partial charge on any atom is 0.275 e. The summed E-state index contributed by atoms with van der Waals surface area (Å²) in [5.41, 5.74) is 3.15. The van der Waals surface area contributed by atoms with E-state index in [4.69, 9.17) is 10.6 Å². The lowest BCUT2D eigenvalue weighted by atomic mass is 10.2. The fourth-order valence-corrected chi connectivity index (χ4v) is 2.11. The number of aryl methyl sites for hydroxylation is 1. The lowest BCUT2D eigenvalue weighted by Gasteiger charge is -1.99. The van der Waals surface area contributed by atoms with Crippen LogP contribution in [0, 0.1) is 6.92 Å². The Morgan fingerprint density at radius 2 is 2.44 bits per heavy atom. The number of hydrazine groups is 1. The standard InChI is InChI=1S/C11H16N2O2S/c1-3-4-5-15-7-9-6-10(11(14)13-12)16-8(9)2/h3-4,6H,5,7,12H2,1-2H3,(H,13,14)/b4-3+. The number of nitrogens with one attached hydrogen (secondary N) is 1. The van der Waals surface area contributed by atoms with Crippen LogP contribution in [0.25, 0.3) is 0 Å². The summed E-state index contributed by atoms with van der Waals surface area (Å²) >= 11 is 1.42. The Labute approximate surface area is 99.1 Å². The average molecular weight is 240 g/mol. The molecule has 0 aliphatic heterocycles. The number of ether oxygens (including phenoxy) is 1. The van der Waals surface area contributed by atoms with Crippen molar-refractivity contribution in [3.63, 3.8) is 0 Å². The molecule has 1 aromatic rings. The van der Waals surface area contributed by atoms with Crippen LogP contribution in [0.5, 0.6) is 0 Å². The summed E-state index contributed by atoms with van der Waals surface area (Å²) in [7, 11) is 0. The molecular formula is C11H16N2O2S. The molecule has 0 aliphatic carbocycles. The number of hydrogen-bond donors (Lipinski definition) is 2. The van der Waals surface area contributed by atoms with Crippen molar-refractivity contribution in [2.24, 2.45) is 5.84 Å². The van der Waals surface area contributed by atoms with Crippen LogP contribution in [0.3, 0.4) is 0 Å². The van der Waals surface area contributed by atoms with Crippen molar-refractivity contribution >= 4 is 17.2 Å². The second-order valence-corrected chi connectivity index (χ2v) is 4.51. The number of thiophene rings is 1. The fraction of sp³-hybridized carbons (Fsp3) is 0.364. The van der Waals surface area contributed by atoms with Crippen molar-refractivity contribution in [3.05, 3.63) is 33.5 Å². The second kappa shape index (κ2) is 6.42. The third-order valence-electron chi connectivity index (χ3n) is 2.08. The first-order valence-electron chi connectivity index (χ1n) is 4.98. The minimum atomic E-state index is -0.257. The number of carbonyl (C=O) groups excluding carboxylic acids is 1. The molecule has 1 amide bonds. The van der Waals surface area contributed by atoms with Gasteiger partial charge in [-0.2, -0.15) is 0 Å². The molecule has 1 aromatic heterocycles. The summed E-state index contributed by atoms with van der Waals surface area (Å²) in [5, 5.41) is 0. The van der Waals surface area contributed by atoms with E-state index in [9.17, 15) is 4.79 Å². The van der Waals surface area contributed by atoms with E-state index in [2.05, 4.69) is 5.43 Å². The van der Waals surface area contributed by atoms with Gasteiger partial charge in [-0.3, -0.25) is 10.2 Å². The molecule has 0 saturated heterocycles. The summed E-state index contributed by atoms with van der Waals surface area (Å²) < 4.78 is 5.42. The number of rotatable bonds is 5. The summed E-state index contributed by atoms with van der Waals surface area (Å²) in [5.74, 6) is 4.81. The molecule has 0 aromatic carbocycles. The van der Waals surface area contributed by atoms with E-state index in [0.717, 1.165) is 10.4 Å². The van der Waals surface area contributed by atoms with Gasteiger partial charge in [0, 0.05) is 4.88 Å². The van der Waals surface area contributed by atoms with Crippen molar-refractivity contribution in [1.29, 1.82) is 0 Å². The molecular weight excluding hydrogens is 224 g/mol. The summed E-state index contributed by atoms with van der Waals surface area (Å²) in [4.78, 5) is 13.0. The Bertz CT molecular complexity index is 385. The van der Waals surface area contributed by atoms with E-state index >= 15 is 0 Å². The number of allylic oxidation sites excluding steroid dienone is 1. The molecule has 0 saturated carbocycles. The number of nitrogens with two attached hydrogens (primary N) is 1. The summed E-state index contributed by atoms with van der Waals surface area (Å²) in [6.07, 6.45) is 3.88. The largest absolute Gasteiger partial charge is 0.373 e. The van der Waals surface area contributed by atoms with Crippen LogP contribution in [0.1, 0.15) is 27.0 Å². The van der Waals surface area contributed by atoms with Crippen molar-refractivity contribution in [2.45, 2.75) is 20.5 Å². The number of amides is 1. The highest BCUT2D eigenvalue weighted by atomic mass is 32.1. The molecule has 1 rings (SSSR count). The van der Waals surface area contributed by atoms with Gasteiger partial charge in [0.1, 0.15) is 0 Å². The van der Waals surface area contributed by atoms with E-state index in [1.807, 2.05) is 32.1 Å². The highest BCUT2D eigenvalue weighted by Crippen LogP contribution is 2.22. The van der Waals surface area contributed by atoms with Gasteiger partial charge in [-0.15, -0.1) is 11.3 Å². The van der Waals surface area contributed by atoms with E-state index in [1.165, 1.54) is 11.3 Å². The van der Waals surface area contributed by atoms with Crippen molar-refractivity contribution in [1.82, 2.24) is 5.43 Å². The zero-order valence-electron chi connectivity index (χ0n) is 9.45. The third kappa shape index (κ3) is 3.44. The highest BCUT2D eigenvalue weighted by Gasteiger charge is 2.10. The zero-order valence-corrected chi connectivity index (χ0v) is 10.3. The Hall–Kier alpha value is -1.17. The molecule has 0 atom stereocenters. The molecule has 0 bridgehead atoms. The van der Waals surface area contributed by atoms with E-state index in [0.29, 0.717) is 18.1 Å². The van der Waals surface area contributed by atoms with E-state index in [-0.39, 0.29) is 5.91 Å². The Balaban J connectivity index is 2.60. The van der Waals surface area contributed by atoms with Crippen molar-refractivity contribution < 1.29 is 9.53 Å². The van der Waals surface area contributed by atoms with Crippen LogP contribution < -0.4 is 11.3 Å². The lowest BCUT2D eigenvalue weighted by Crippen LogP contribution is -2.29. The van der Waals surface area contributed by atoms with Gasteiger partial charge in [0.2, 0.25) is 0 Å². The number of carbonyl (C=O) groups is 1. The van der Waals surface area contributed by atoms with Gasteiger partial charge in [0.15, 0.2) is 0 Å². The molecule has 0 fully saturated rings. The predicted molar refractivity (Wildman–Crippen MR) is 65.2 cm³/mol. The summed E-state index contributed by atoms with van der Waals surface area (Å²) in [6.45, 7) is 5.02. The first-order valence-corrected chi connectivity index (χ1v) is 5.79. The first kappa shape index (κ1) is 12.9. The molecule has 4 nitrogen and oxygen atoms in total. The Kier molecular flexibility index (Phi) is 5.18. The molecule has 0 spiro atoms. The van der Waals surface area contributed by atoms with Crippen LogP contribution in [0.4, 0.5) is 0 Å². The second-order valence-electron chi connectivity index (χ2n) is 3.25. The topological polar surface area (TPSA) is 64.3 Å². The predicted octanol–water partition coefficient (Wildman–Crippen LogP) is 1.75. The molecule has 5 heteroatoms. The fourth-order valence-electron chi connectivity index (χ4n) is 1.18. The average Bonchev–Trinajstić information content (AvgIpc) is 2.65. The minimum absolute atomic E-state index is 0.257. The van der Waals surface area contributed by atoms with Gasteiger partial charge in [0.25, 0.3) is 5.91 Å². The van der Waals surface area contributed by atoms with E-state index < -0.39 is 0 Å². The smallest absolute Gasteiger partial charge is 0.275 e. The van der Waals surface area contributed by atoms with E-state index in [1.54, 1.807) is 0 Å². The van der Waals surface area contributed by atoms with Gasteiger partial charge in [-0.05, 0) is 25.5 Å². The maximum atomic E-state index is 11.3. The van der Waals surface area contributed by atoms with Crippen LogP contribution in [0.2, 0.25) is 0 Å². The normalized spacial score (nSPS) is 10.9. The number of nitrogen functional groups attached to an aromatic ring is 1. The highest BCUT2D eigenvalue weighted by molar-refractivity contribution is 7.14. The Morgan fingerprint density at radius 3 is 3.06 bits per heavy atom. The molecule has 0 aliphatic rings. The maximum absolute atomic E-state index is 11.3. The Morgan fingerprint density at radius 1 is 1.69 bits per heavy atom. The lowest BCUT2D eigenvalue weighted by molar-refractivity contribution is 0.0957. The molecule has 3 N–H and O–H groups in total. The van der Waals surface area contributed by atoms with Gasteiger partial charge < -0.3 is 4.74 Å². The van der Waals surface area contributed by atoms with Crippen LogP contribution in [-0.2, 0) is 11.3 Å². The van der Waals surface area contributed by atoms with Gasteiger partial charge in [-0.25, -0.2) is 5.84 Å². The molecule has 1 heterocycles. The van der Waals surface area contributed by atoms with Crippen LogP contribution in [0.15, 0.2) is 18.2 Å². The molecule has 16 heavy (non-hydrogen) atoms. The van der Waals surface area contributed by atoms with Gasteiger partial charge >= 0.3 is 0 Å². The van der Waals surface area contributed by atoms with Gasteiger partial charge in [0.05, 0.1) is 18.1 Å². The van der Waals surface area contributed by atoms with Crippen LogP contribution in [-0.4, -0.2) is 12.5 Å². The summed E-state index contributed by atoms with van der Waals surface area (Å²) in [6, 6.07) is 1.82. The quantitative estimate of drug-likeness (QED) is 0.271. The minimum Gasteiger partial charge on any atom is -0.373 e. The van der Waals surface area contributed by atoms with Crippen molar-refractivity contribution in [3.8, 4) is 0 Å². The first-order chi connectivity index (χ1) is 7.69. The SMILES string of the molecule is C/C=C/COCc1cc(C(=O)NN)sc1C. The van der Waals surface area contributed by atoms with Crippen LogP contribution >= 0.6 is 11.3 Å².